The summed E-state index contributed by atoms with van der Waals surface area (Å²) in [5, 5.41) is 15.2. The van der Waals surface area contributed by atoms with Crippen LogP contribution in [-0.4, -0.2) is 32.8 Å². The van der Waals surface area contributed by atoms with Crippen LogP contribution in [0.3, 0.4) is 0 Å². The summed E-state index contributed by atoms with van der Waals surface area (Å²) >= 11 is 1.52. The van der Waals surface area contributed by atoms with Crippen molar-refractivity contribution >= 4 is 16.3 Å². The van der Waals surface area contributed by atoms with E-state index in [1.807, 2.05) is 19.1 Å². The van der Waals surface area contributed by atoms with Crippen LogP contribution in [-0.2, 0) is 6.42 Å². The Kier molecular flexibility index (Phi) is 4.05. The number of nitrogens with zero attached hydrogens (tertiary/aromatic N) is 3. The normalized spacial score (nSPS) is 22.9. The lowest BCUT2D eigenvalue weighted by Crippen LogP contribution is -3.13. The fourth-order valence-electron chi connectivity index (χ4n) is 3.69. The highest BCUT2D eigenvalue weighted by Gasteiger charge is 2.36. The average Bonchev–Trinajstić information content (AvgIpc) is 3.28. The summed E-state index contributed by atoms with van der Waals surface area (Å²) in [6.07, 6.45) is 4.95. The Hall–Kier alpha value is -1.86. The number of hydrogen-bond donors (Lipinski definition) is 2. The van der Waals surface area contributed by atoms with Gasteiger partial charge in [0.1, 0.15) is 4.88 Å². The van der Waals surface area contributed by atoms with Crippen LogP contribution in [0.15, 0.2) is 22.8 Å². The third kappa shape index (κ3) is 2.61. The summed E-state index contributed by atoms with van der Waals surface area (Å²) in [7, 11) is 0. The highest BCUT2D eigenvalue weighted by molar-refractivity contribution is 7.17. The molecule has 2 N–H and O–H groups in total. The number of thiazole rings is 1. The molecule has 7 heteroatoms. The van der Waals surface area contributed by atoms with Crippen molar-refractivity contribution in [3.63, 3.8) is 0 Å². The third-order valence-corrected chi connectivity index (χ3v) is 5.95. The van der Waals surface area contributed by atoms with Gasteiger partial charge in [-0.25, -0.2) is 4.98 Å². The predicted molar refractivity (Wildman–Crippen MR) is 91.6 cm³/mol. The van der Waals surface area contributed by atoms with E-state index >= 15 is 0 Å². The van der Waals surface area contributed by atoms with Crippen LogP contribution >= 0.6 is 11.3 Å². The lowest BCUT2D eigenvalue weighted by atomic mass is 9.97. The average molecular weight is 347 g/mol. The monoisotopic (exact) mass is 347 g/mol. The van der Waals surface area contributed by atoms with E-state index in [1.165, 1.54) is 29.1 Å². The van der Waals surface area contributed by atoms with E-state index < -0.39 is 0 Å². The van der Waals surface area contributed by atoms with Crippen LogP contribution in [0.25, 0.3) is 4.96 Å². The molecule has 6 nitrogen and oxygen atoms in total. The van der Waals surface area contributed by atoms with Gasteiger partial charge in [0.15, 0.2) is 17.6 Å². The van der Waals surface area contributed by atoms with E-state index in [4.69, 9.17) is 4.42 Å². The van der Waals surface area contributed by atoms with Gasteiger partial charge in [-0.15, -0.1) is 5.10 Å². The van der Waals surface area contributed by atoms with Gasteiger partial charge in [-0.1, -0.05) is 25.2 Å². The largest absolute Gasteiger partial charge is 0.492 e. The SMILES string of the molecule is CCc1nc2sc([C@H](c3ccco3)[NH+]3CCC[C@H](C)C3)c(O)n2n1. The van der Waals surface area contributed by atoms with Crippen molar-refractivity contribution in [1.82, 2.24) is 14.6 Å². The Bertz CT molecular complexity index is 823. The highest BCUT2D eigenvalue weighted by atomic mass is 32.1. The first-order chi connectivity index (χ1) is 11.7. The maximum absolute atomic E-state index is 10.8. The van der Waals surface area contributed by atoms with Gasteiger partial charge in [-0.05, 0) is 25.0 Å². The molecule has 0 saturated carbocycles. The molecule has 1 unspecified atom stereocenters. The van der Waals surface area contributed by atoms with Crippen LogP contribution < -0.4 is 4.90 Å². The number of likely N-dealkylation sites (tertiary alicyclic amines) is 1. The van der Waals surface area contributed by atoms with E-state index in [-0.39, 0.29) is 11.9 Å². The van der Waals surface area contributed by atoms with E-state index in [0.29, 0.717) is 5.92 Å². The molecule has 0 spiro atoms. The predicted octanol–water partition coefficient (Wildman–Crippen LogP) is 2.06. The molecule has 1 aliphatic heterocycles. The highest BCUT2D eigenvalue weighted by Crippen LogP contribution is 2.35. The maximum Gasteiger partial charge on any atom is 0.235 e. The van der Waals surface area contributed by atoms with Gasteiger partial charge < -0.3 is 14.4 Å². The fourth-order valence-corrected chi connectivity index (χ4v) is 4.83. The van der Waals surface area contributed by atoms with Crippen LogP contribution in [0.4, 0.5) is 0 Å². The molecule has 0 amide bonds. The maximum atomic E-state index is 10.8. The zero-order valence-corrected chi connectivity index (χ0v) is 14.8. The number of aromatic hydroxyl groups is 1. The molecule has 0 bridgehead atoms. The van der Waals surface area contributed by atoms with Gasteiger partial charge in [-0.2, -0.15) is 4.52 Å². The molecule has 3 aromatic rings. The minimum atomic E-state index is 0.00123. The summed E-state index contributed by atoms with van der Waals surface area (Å²) in [4.78, 5) is 7.60. The van der Waals surface area contributed by atoms with E-state index in [0.717, 1.165) is 40.9 Å². The number of aryl methyl sites for hydroxylation is 1. The second kappa shape index (κ2) is 6.22. The number of nitrogens with one attached hydrogen (secondary N) is 1. The number of piperidine rings is 1. The lowest BCUT2D eigenvalue weighted by Gasteiger charge is -2.32. The minimum absolute atomic E-state index is 0.00123. The first-order valence-corrected chi connectivity index (χ1v) is 9.44. The quantitative estimate of drug-likeness (QED) is 0.758. The van der Waals surface area contributed by atoms with Gasteiger partial charge in [0, 0.05) is 12.3 Å². The topological polar surface area (TPSA) is 68.0 Å². The Balaban J connectivity index is 1.78. The van der Waals surface area contributed by atoms with Crippen LogP contribution in [0.5, 0.6) is 5.88 Å². The first-order valence-electron chi connectivity index (χ1n) is 8.62. The van der Waals surface area contributed by atoms with Crippen LogP contribution in [0.1, 0.15) is 49.2 Å². The third-order valence-electron chi connectivity index (χ3n) is 4.86. The van der Waals surface area contributed by atoms with Crippen molar-refractivity contribution in [2.45, 2.75) is 39.2 Å². The molecule has 0 radical (unpaired) electrons. The Morgan fingerprint density at radius 2 is 2.42 bits per heavy atom. The number of rotatable bonds is 4. The van der Waals surface area contributed by atoms with Gasteiger partial charge in [0.05, 0.1) is 19.4 Å². The van der Waals surface area contributed by atoms with Crippen molar-refractivity contribution in [2.24, 2.45) is 5.92 Å². The van der Waals surface area contributed by atoms with Crippen molar-refractivity contribution < 1.29 is 14.4 Å². The Morgan fingerprint density at radius 3 is 3.08 bits per heavy atom. The zero-order chi connectivity index (χ0) is 16.7. The molecular formula is C17H23N4O2S+. The molecule has 4 heterocycles. The summed E-state index contributed by atoms with van der Waals surface area (Å²) in [6.45, 7) is 6.48. The standard InChI is InChI=1S/C17H22N4O2S/c1-3-13-18-17-21(19-13)16(22)15(24-17)14(12-7-5-9-23-12)20-8-4-6-11(2)10-20/h5,7,9,11,14,22H,3-4,6,8,10H2,1-2H3/p+1/t11-,14-/m0/s1. The Labute approximate surface area is 144 Å². The number of furan rings is 1. The number of quaternary nitrogens is 1. The summed E-state index contributed by atoms with van der Waals surface area (Å²) < 4.78 is 7.31. The van der Waals surface area contributed by atoms with Gasteiger partial charge >= 0.3 is 0 Å². The molecule has 128 valence electrons. The van der Waals surface area contributed by atoms with Gasteiger partial charge in [-0.3, -0.25) is 0 Å². The minimum Gasteiger partial charge on any atom is -0.492 e. The van der Waals surface area contributed by atoms with Gasteiger partial charge in [0.25, 0.3) is 0 Å². The molecule has 3 atom stereocenters. The van der Waals surface area contributed by atoms with E-state index in [1.54, 1.807) is 10.8 Å². The van der Waals surface area contributed by atoms with Crippen molar-refractivity contribution in [3.05, 3.63) is 34.9 Å². The first kappa shape index (κ1) is 15.7. The molecule has 0 aliphatic carbocycles. The summed E-state index contributed by atoms with van der Waals surface area (Å²) in [5.74, 6) is 2.54. The fraction of sp³-hybridized carbons (Fsp3) is 0.529. The van der Waals surface area contributed by atoms with Gasteiger partial charge in [0.2, 0.25) is 10.8 Å². The second-order valence-electron chi connectivity index (χ2n) is 6.67. The van der Waals surface area contributed by atoms with E-state index in [9.17, 15) is 5.11 Å². The number of aromatic nitrogens is 3. The molecule has 4 rings (SSSR count). The van der Waals surface area contributed by atoms with Crippen LogP contribution in [0, 0.1) is 5.92 Å². The van der Waals surface area contributed by atoms with Crippen molar-refractivity contribution in [2.75, 3.05) is 13.1 Å². The molecule has 1 aliphatic rings. The smallest absolute Gasteiger partial charge is 0.235 e. The molecular weight excluding hydrogens is 324 g/mol. The molecule has 0 aromatic carbocycles. The van der Waals surface area contributed by atoms with Crippen molar-refractivity contribution in [1.29, 1.82) is 0 Å². The van der Waals surface area contributed by atoms with Crippen molar-refractivity contribution in [3.8, 4) is 5.88 Å². The lowest BCUT2D eigenvalue weighted by molar-refractivity contribution is -0.934. The molecule has 24 heavy (non-hydrogen) atoms. The molecule has 1 saturated heterocycles. The number of hydrogen-bond acceptors (Lipinski definition) is 5. The summed E-state index contributed by atoms with van der Waals surface area (Å²) in [6, 6.07) is 3.92. The summed E-state index contributed by atoms with van der Waals surface area (Å²) in [5.41, 5.74) is 0. The molecule has 3 aromatic heterocycles. The number of fused-ring (bicyclic) bond motifs is 1. The second-order valence-corrected chi connectivity index (χ2v) is 7.68. The van der Waals surface area contributed by atoms with Crippen LogP contribution in [0.2, 0.25) is 0 Å². The zero-order valence-electron chi connectivity index (χ0n) is 14.0. The Morgan fingerprint density at radius 1 is 1.54 bits per heavy atom. The van der Waals surface area contributed by atoms with E-state index in [2.05, 4.69) is 17.0 Å². The molecule has 1 fully saturated rings.